The second kappa shape index (κ2) is 5.45. The molecular formula is C13H17F3N4O2. The van der Waals surface area contributed by atoms with Gasteiger partial charge in [0.2, 0.25) is 5.95 Å². The molecule has 0 bridgehead atoms. The highest BCUT2D eigenvalue weighted by molar-refractivity contribution is 5.47. The molecule has 9 heteroatoms. The van der Waals surface area contributed by atoms with Gasteiger partial charge >= 0.3 is 6.30 Å². The molecule has 0 aromatic carbocycles. The van der Waals surface area contributed by atoms with Crippen molar-refractivity contribution in [1.82, 2.24) is 9.55 Å². The van der Waals surface area contributed by atoms with Gasteiger partial charge in [-0.25, -0.2) is 0 Å². The van der Waals surface area contributed by atoms with Crippen molar-refractivity contribution in [1.29, 1.82) is 0 Å². The van der Waals surface area contributed by atoms with Gasteiger partial charge in [-0.05, 0) is 13.3 Å². The van der Waals surface area contributed by atoms with Crippen LogP contribution in [0.4, 0.5) is 24.9 Å². The number of anilines is 2. The molecule has 3 heterocycles. The lowest BCUT2D eigenvalue weighted by Crippen LogP contribution is -2.48. The number of nitrogens with zero attached hydrogens (tertiary/aromatic N) is 4. The van der Waals surface area contributed by atoms with E-state index in [0.29, 0.717) is 19.8 Å². The largest absolute Gasteiger partial charge is 0.487 e. The first kappa shape index (κ1) is 15.1. The van der Waals surface area contributed by atoms with Crippen LogP contribution in [-0.4, -0.2) is 48.2 Å². The van der Waals surface area contributed by atoms with Crippen LogP contribution >= 0.6 is 0 Å². The van der Waals surface area contributed by atoms with Crippen molar-refractivity contribution in [2.75, 3.05) is 36.1 Å². The minimum Gasteiger partial charge on any atom is -0.377 e. The van der Waals surface area contributed by atoms with E-state index >= 15 is 0 Å². The van der Waals surface area contributed by atoms with Crippen molar-refractivity contribution in [2.45, 2.75) is 32.2 Å². The highest BCUT2D eigenvalue weighted by atomic mass is 19.4. The molecule has 0 unspecified atom stereocenters. The topological polar surface area (TPSA) is 50.6 Å². The summed E-state index contributed by atoms with van der Waals surface area (Å²) in [5, 5.41) is 0. The number of rotatable bonds is 1. The molecule has 0 amide bonds. The Kier molecular flexibility index (Phi) is 3.75. The smallest absolute Gasteiger partial charge is 0.377 e. The minimum atomic E-state index is -4.54. The maximum atomic E-state index is 13.1. The summed E-state index contributed by atoms with van der Waals surface area (Å²) >= 11 is 0. The van der Waals surface area contributed by atoms with Crippen LogP contribution in [0.3, 0.4) is 0 Å². The van der Waals surface area contributed by atoms with Gasteiger partial charge in [0.25, 0.3) is 5.56 Å². The van der Waals surface area contributed by atoms with E-state index in [1.807, 2.05) is 11.8 Å². The van der Waals surface area contributed by atoms with E-state index < -0.39 is 11.9 Å². The summed E-state index contributed by atoms with van der Waals surface area (Å²) in [4.78, 5) is 18.4. The highest BCUT2D eigenvalue weighted by Gasteiger charge is 2.41. The number of alkyl halides is 3. The number of ether oxygens (including phenoxy) is 1. The predicted octanol–water partition coefficient (Wildman–Crippen LogP) is 1.20. The summed E-state index contributed by atoms with van der Waals surface area (Å²) in [7, 11) is 0. The zero-order valence-electron chi connectivity index (χ0n) is 12.1. The molecule has 3 rings (SSSR count). The van der Waals surface area contributed by atoms with Crippen LogP contribution in [0.1, 0.15) is 13.3 Å². The van der Waals surface area contributed by atoms with E-state index in [-0.39, 0.29) is 42.2 Å². The van der Waals surface area contributed by atoms with Crippen LogP contribution in [0.15, 0.2) is 10.9 Å². The molecule has 0 aliphatic carbocycles. The van der Waals surface area contributed by atoms with Crippen LogP contribution in [0.25, 0.3) is 0 Å². The van der Waals surface area contributed by atoms with Gasteiger partial charge in [-0.1, -0.05) is 0 Å². The summed E-state index contributed by atoms with van der Waals surface area (Å²) in [6.45, 7) is 3.39. The second-order valence-electron chi connectivity index (χ2n) is 5.49. The summed E-state index contributed by atoms with van der Waals surface area (Å²) in [6, 6.07) is 1.28. The molecule has 2 aliphatic heterocycles. The average Bonchev–Trinajstić information content (AvgIpc) is 2.46. The zero-order valence-corrected chi connectivity index (χ0v) is 12.1. The Morgan fingerprint density at radius 1 is 1.32 bits per heavy atom. The number of fused-ring (bicyclic) bond motifs is 1. The molecule has 22 heavy (non-hydrogen) atoms. The monoisotopic (exact) mass is 318 g/mol. The molecule has 6 nitrogen and oxygen atoms in total. The van der Waals surface area contributed by atoms with E-state index in [0.717, 1.165) is 4.57 Å². The van der Waals surface area contributed by atoms with Gasteiger partial charge in [-0.15, -0.1) is 13.2 Å². The molecule has 0 saturated carbocycles. The van der Waals surface area contributed by atoms with Crippen LogP contribution in [-0.2, 0) is 11.3 Å². The third kappa shape index (κ3) is 2.65. The molecule has 122 valence electrons. The number of morpholine rings is 1. The van der Waals surface area contributed by atoms with Crippen molar-refractivity contribution >= 4 is 11.8 Å². The minimum absolute atomic E-state index is 0.0355. The third-order valence-electron chi connectivity index (χ3n) is 3.95. The molecule has 0 N–H and O–H groups in total. The van der Waals surface area contributed by atoms with Gasteiger partial charge < -0.3 is 9.64 Å². The number of halogens is 3. The van der Waals surface area contributed by atoms with Crippen molar-refractivity contribution in [3.63, 3.8) is 0 Å². The number of hydrogen-bond donors (Lipinski definition) is 0. The lowest BCUT2D eigenvalue weighted by Gasteiger charge is -2.36. The van der Waals surface area contributed by atoms with E-state index in [2.05, 4.69) is 4.98 Å². The fraction of sp³-hybridized carbons (Fsp3) is 0.692. The molecule has 1 aromatic heterocycles. The van der Waals surface area contributed by atoms with Crippen LogP contribution in [0.2, 0.25) is 0 Å². The van der Waals surface area contributed by atoms with Crippen LogP contribution in [0.5, 0.6) is 0 Å². The number of aromatic nitrogens is 2. The summed E-state index contributed by atoms with van der Waals surface area (Å²) < 4.78 is 45.8. The highest BCUT2D eigenvalue weighted by Crippen LogP contribution is 2.30. The second-order valence-corrected chi connectivity index (χ2v) is 5.49. The van der Waals surface area contributed by atoms with Crippen molar-refractivity contribution in [2.24, 2.45) is 0 Å². The maximum absolute atomic E-state index is 13.1. The van der Waals surface area contributed by atoms with E-state index in [1.54, 1.807) is 0 Å². The third-order valence-corrected chi connectivity index (χ3v) is 3.95. The summed E-state index contributed by atoms with van der Waals surface area (Å²) in [5.74, 6) is -0.0388. The van der Waals surface area contributed by atoms with E-state index in [4.69, 9.17) is 4.74 Å². The lowest BCUT2D eigenvalue weighted by molar-refractivity contribution is -0.132. The van der Waals surface area contributed by atoms with Gasteiger partial charge in [0.05, 0.1) is 19.3 Å². The Labute approximate surface area is 125 Å². The van der Waals surface area contributed by atoms with Gasteiger partial charge in [0.1, 0.15) is 5.82 Å². The maximum Gasteiger partial charge on any atom is 0.487 e. The Bertz CT molecular complexity index is 616. The van der Waals surface area contributed by atoms with Gasteiger partial charge in [0, 0.05) is 25.7 Å². The standard InChI is InChI=1S/C13H17F3N4O2/c1-9-8-22-6-5-18(9)10-7-11(21)19-3-2-4-20(12(19)17-10)13(14,15)16/h7,9H,2-6,8H2,1H3/t9-/m1/s1. The normalized spacial score (nSPS) is 22.6. The molecule has 1 aromatic rings. The van der Waals surface area contributed by atoms with E-state index in [9.17, 15) is 18.0 Å². The molecule has 1 atom stereocenters. The molecular weight excluding hydrogens is 301 g/mol. The lowest BCUT2D eigenvalue weighted by atomic mass is 10.2. The summed E-state index contributed by atoms with van der Waals surface area (Å²) in [5.41, 5.74) is -0.451. The van der Waals surface area contributed by atoms with Crippen molar-refractivity contribution in [3.05, 3.63) is 16.4 Å². The fourth-order valence-electron chi connectivity index (χ4n) is 2.84. The Morgan fingerprint density at radius 3 is 2.77 bits per heavy atom. The predicted molar refractivity (Wildman–Crippen MR) is 74.1 cm³/mol. The molecule has 2 aliphatic rings. The van der Waals surface area contributed by atoms with Gasteiger partial charge in [0.15, 0.2) is 0 Å². The number of hydrogen-bond acceptors (Lipinski definition) is 5. The van der Waals surface area contributed by atoms with Gasteiger partial charge in [-0.2, -0.15) is 4.98 Å². The van der Waals surface area contributed by atoms with Crippen LogP contribution < -0.4 is 15.4 Å². The first-order valence-corrected chi connectivity index (χ1v) is 7.18. The van der Waals surface area contributed by atoms with Crippen LogP contribution in [0, 0.1) is 0 Å². The first-order chi connectivity index (χ1) is 10.4. The average molecular weight is 318 g/mol. The molecule has 0 radical (unpaired) electrons. The fourth-order valence-corrected chi connectivity index (χ4v) is 2.84. The van der Waals surface area contributed by atoms with Crippen molar-refractivity contribution < 1.29 is 17.9 Å². The molecule has 1 fully saturated rings. The molecule has 0 spiro atoms. The SMILES string of the molecule is C[C@@H]1COCCN1c1cc(=O)n2c(n1)N(C(F)(F)F)CCC2. The Morgan fingerprint density at radius 2 is 2.09 bits per heavy atom. The Balaban J connectivity index is 2.05. The van der Waals surface area contributed by atoms with Crippen molar-refractivity contribution in [3.8, 4) is 0 Å². The first-order valence-electron chi connectivity index (χ1n) is 7.18. The quantitative estimate of drug-likeness (QED) is 0.728. The Hall–Kier alpha value is -1.77. The zero-order chi connectivity index (χ0) is 15.9. The van der Waals surface area contributed by atoms with E-state index in [1.165, 1.54) is 6.07 Å². The summed E-state index contributed by atoms with van der Waals surface area (Å²) in [6.07, 6.45) is -4.28. The molecule has 1 saturated heterocycles. The van der Waals surface area contributed by atoms with Gasteiger partial charge in [-0.3, -0.25) is 14.3 Å².